The molecule has 3 heteroatoms. The van der Waals surface area contributed by atoms with Gasteiger partial charge >= 0.3 is 0 Å². The monoisotopic (exact) mass is 264 g/mol. The van der Waals surface area contributed by atoms with Gasteiger partial charge in [-0.15, -0.1) is 0 Å². The Labute approximate surface area is 115 Å². The fourth-order valence-electron chi connectivity index (χ4n) is 3.20. The minimum atomic E-state index is -1.05. The summed E-state index contributed by atoms with van der Waals surface area (Å²) in [5, 5.41) is 11.3. The molecule has 1 aliphatic rings. The maximum absolute atomic E-state index is 11.3. The van der Waals surface area contributed by atoms with Crippen LogP contribution in [0.3, 0.4) is 0 Å². The number of hydrogen-bond donors (Lipinski definition) is 1. The van der Waals surface area contributed by atoms with Gasteiger partial charge in [-0.05, 0) is 46.8 Å². The van der Waals surface area contributed by atoms with Gasteiger partial charge in [0.25, 0.3) is 0 Å². The second-order valence-electron chi connectivity index (χ2n) is 6.61. The van der Waals surface area contributed by atoms with Crippen LogP contribution in [0.1, 0.15) is 45.2 Å². The smallest absolute Gasteiger partial charge is 0.125 e. The minimum Gasteiger partial charge on any atom is -0.496 e. The number of rotatable bonds is 2. The first kappa shape index (κ1) is 14.4. The third-order valence-electron chi connectivity index (χ3n) is 4.01. The van der Waals surface area contributed by atoms with Crippen LogP contribution in [0.25, 0.3) is 0 Å². The highest BCUT2D eigenvalue weighted by Crippen LogP contribution is 2.52. The van der Waals surface area contributed by atoms with E-state index >= 15 is 0 Å². The SMILES string of the molecule is COc1ccc(C)cc1C1(O)CC(C)(C)OC1(C)C. The van der Waals surface area contributed by atoms with Gasteiger partial charge in [-0.3, -0.25) is 0 Å². The largest absolute Gasteiger partial charge is 0.496 e. The topological polar surface area (TPSA) is 38.7 Å². The summed E-state index contributed by atoms with van der Waals surface area (Å²) in [6, 6.07) is 5.88. The highest BCUT2D eigenvalue weighted by molar-refractivity contribution is 5.43. The third-order valence-corrected chi connectivity index (χ3v) is 4.01. The molecule has 1 saturated heterocycles. The van der Waals surface area contributed by atoms with Crippen LogP contribution in [0.2, 0.25) is 0 Å². The average Bonchev–Trinajstić information content (AvgIpc) is 2.43. The molecule has 1 fully saturated rings. The van der Waals surface area contributed by atoms with Crippen molar-refractivity contribution in [3.8, 4) is 5.75 Å². The number of aryl methyl sites for hydroxylation is 1. The molecule has 3 nitrogen and oxygen atoms in total. The normalized spacial score (nSPS) is 28.4. The second-order valence-corrected chi connectivity index (χ2v) is 6.61. The maximum Gasteiger partial charge on any atom is 0.125 e. The molecule has 106 valence electrons. The standard InChI is InChI=1S/C16H24O3/c1-11-7-8-13(18-6)12(9-11)16(17)10-14(2,3)19-15(16,4)5/h7-9,17H,10H2,1-6H3. The van der Waals surface area contributed by atoms with E-state index in [1.807, 2.05) is 52.8 Å². The number of hydrogen-bond acceptors (Lipinski definition) is 3. The maximum atomic E-state index is 11.3. The molecule has 0 radical (unpaired) electrons. The molecule has 1 aromatic rings. The molecule has 0 spiro atoms. The van der Waals surface area contributed by atoms with Crippen LogP contribution in [0.15, 0.2) is 18.2 Å². The van der Waals surface area contributed by atoms with Gasteiger partial charge in [0.05, 0.1) is 18.3 Å². The lowest BCUT2D eigenvalue weighted by molar-refractivity contribution is -0.130. The highest BCUT2D eigenvalue weighted by atomic mass is 16.5. The second kappa shape index (κ2) is 4.22. The van der Waals surface area contributed by atoms with E-state index in [0.717, 1.165) is 11.1 Å². The van der Waals surface area contributed by atoms with E-state index in [2.05, 4.69) is 0 Å². The Morgan fingerprint density at radius 1 is 1.21 bits per heavy atom. The zero-order valence-corrected chi connectivity index (χ0v) is 12.7. The Bertz CT molecular complexity index is 491. The van der Waals surface area contributed by atoms with Crippen LogP contribution < -0.4 is 4.74 Å². The van der Waals surface area contributed by atoms with Crippen molar-refractivity contribution in [3.63, 3.8) is 0 Å². The van der Waals surface area contributed by atoms with Crippen molar-refractivity contribution in [1.82, 2.24) is 0 Å². The molecule has 0 bridgehead atoms. The summed E-state index contributed by atoms with van der Waals surface area (Å²) in [5.74, 6) is 0.711. The zero-order valence-electron chi connectivity index (χ0n) is 12.7. The molecule has 1 atom stereocenters. The Kier molecular flexibility index (Phi) is 3.19. The number of ether oxygens (including phenoxy) is 2. The van der Waals surface area contributed by atoms with E-state index in [1.165, 1.54) is 0 Å². The molecule has 0 aliphatic carbocycles. The fraction of sp³-hybridized carbons (Fsp3) is 0.625. The predicted molar refractivity (Wildman–Crippen MR) is 75.5 cm³/mol. The van der Waals surface area contributed by atoms with Gasteiger partial charge in [0.1, 0.15) is 11.4 Å². The molecule has 0 amide bonds. The van der Waals surface area contributed by atoms with Crippen molar-refractivity contribution < 1.29 is 14.6 Å². The Morgan fingerprint density at radius 2 is 1.84 bits per heavy atom. The van der Waals surface area contributed by atoms with Gasteiger partial charge in [0, 0.05) is 12.0 Å². The van der Waals surface area contributed by atoms with E-state index in [0.29, 0.717) is 12.2 Å². The Morgan fingerprint density at radius 3 is 2.32 bits per heavy atom. The highest BCUT2D eigenvalue weighted by Gasteiger charge is 2.58. The van der Waals surface area contributed by atoms with Gasteiger partial charge in [-0.1, -0.05) is 11.6 Å². The fourth-order valence-corrected chi connectivity index (χ4v) is 3.20. The molecule has 0 aromatic heterocycles. The van der Waals surface area contributed by atoms with Gasteiger partial charge < -0.3 is 14.6 Å². The van der Waals surface area contributed by atoms with Crippen molar-refractivity contribution in [2.45, 2.75) is 57.8 Å². The Balaban J connectivity index is 2.59. The van der Waals surface area contributed by atoms with Crippen molar-refractivity contribution in [1.29, 1.82) is 0 Å². The molecule has 1 aromatic carbocycles. The van der Waals surface area contributed by atoms with E-state index in [1.54, 1.807) is 7.11 Å². The van der Waals surface area contributed by atoms with Gasteiger partial charge in [0.2, 0.25) is 0 Å². The van der Waals surface area contributed by atoms with Crippen LogP contribution in [0, 0.1) is 6.92 Å². The van der Waals surface area contributed by atoms with Crippen molar-refractivity contribution >= 4 is 0 Å². The van der Waals surface area contributed by atoms with Gasteiger partial charge in [-0.25, -0.2) is 0 Å². The molecule has 19 heavy (non-hydrogen) atoms. The first-order valence-electron chi connectivity index (χ1n) is 6.69. The number of benzene rings is 1. The van der Waals surface area contributed by atoms with E-state index in [4.69, 9.17) is 9.47 Å². The summed E-state index contributed by atoms with van der Waals surface area (Å²) < 4.78 is 11.5. The quantitative estimate of drug-likeness (QED) is 0.891. The Hall–Kier alpha value is -1.06. The summed E-state index contributed by atoms with van der Waals surface area (Å²) in [6.07, 6.45) is 0.548. The van der Waals surface area contributed by atoms with E-state index in [-0.39, 0.29) is 5.60 Å². The van der Waals surface area contributed by atoms with Crippen LogP contribution >= 0.6 is 0 Å². The number of aliphatic hydroxyl groups is 1. The van der Waals surface area contributed by atoms with E-state index in [9.17, 15) is 5.11 Å². The molecule has 1 unspecified atom stereocenters. The summed E-state index contributed by atoms with van der Waals surface area (Å²) >= 11 is 0. The summed E-state index contributed by atoms with van der Waals surface area (Å²) in [4.78, 5) is 0. The van der Waals surface area contributed by atoms with Crippen molar-refractivity contribution in [3.05, 3.63) is 29.3 Å². The van der Waals surface area contributed by atoms with Crippen LogP contribution in [-0.2, 0) is 10.3 Å². The van der Waals surface area contributed by atoms with Crippen LogP contribution in [-0.4, -0.2) is 23.4 Å². The molecule has 1 aliphatic heterocycles. The summed E-state index contributed by atoms with van der Waals surface area (Å²) in [7, 11) is 1.63. The molecule has 0 saturated carbocycles. The summed E-state index contributed by atoms with van der Waals surface area (Å²) in [6.45, 7) is 9.90. The molecular weight excluding hydrogens is 240 g/mol. The van der Waals surface area contributed by atoms with E-state index < -0.39 is 11.2 Å². The number of methoxy groups -OCH3 is 1. The lowest BCUT2D eigenvalue weighted by Gasteiger charge is -2.36. The van der Waals surface area contributed by atoms with Crippen molar-refractivity contribution in [2.24, 2.45) is 0 Å². The predicted octanol–water partition coefficient (Wildman–Crippen LogP) is 3.17. The van der Waals surface area contributed by atoms with Crippen molar-refractivity contribution in [2.75, 3.05) is 7.11 Å². The van der Waals surface area contributed by atoms with Gasteiger partial charge in [-0.2, -0.15) is 0 Å². The minimum absolute atomic E-state index is 0.354. The van der Waals surface area contributed by atoms with Gasteiger partial charge in [0.15, 0.2) is 0 Å². The summed E-state index contributed by atoms with van der Waals surface area (Å²) in [5.41, 5.74) is -0.145. The first-order valence-corrected chi connectivity index (χ1v) is 6.69. The molecular formula is C16H24O3. The zero-order chi connectivity index (χ0) is 14.5. The first-order chi connectivity index (χ1) is 8.61. The van der Waals surface area contributed by atoms with Crippen LogP contribution in [0.5, 0.6) is 5.75 Å². The molecule has 2 rings (SSSR count). The van der Waals surface area contributed by atoms with Crippen LogP contribution in [0.4, 0.5) is 0 Å². The lowest BCUT2D eigenvalue weighted by Crippen LogP contribution is -2.43. The lowest BCUT2D eigenvalue weighted by atomic mass is 9.76. The molecule has 1 heterocycles. The molecule has 1 N–H and O–H groups in total. The third kappa shape index (κ3) is 2.26. The average molecular weight is 264 g/mol.